The molecular formula is C14H19NO2. The van der Waals surface area contributed by atoms with Crippen molar-refractivity contribution >= 4 is 0 Å². The Morgan fingerprint density at radius 3 is 2.59 bits per heavy atom. The van der Waals surface area contributed by atoms with Gasteiger partial charge >= 0.3 is 0 Å². The van der Waals surface area contributed by atoms with E-state index in [1.807, 2.05) is 6.07 Å². The van der Waals surface area contributed by atoms with Gasteiger partial charge in [0.15, 0.2) is 11.5 Å². The lowest BCUT2D eigenvalue weighted by molar-refractivity contribution is 0.174. The summed E-state index contributed by atoms with van der Waals surface area (Å²) in [5.41, 5.74) is 7.12. The van der Waals surface area contributed by atoms with Gasteiger partial charge in [-0.3, -0.25) is 0 Å². The van der Waals surface area contributed by atoms with Gasteiger partial charge in [-0.15, -0.1) is 0 Å². The van der Waals surface area contributed by atoms with Crippen LogP contribution in [0.25, 0.3) is 0 Å². The average Bonchev–Trinajstić information content (AvgIpc) is 2.86. The van der Waals surface area contributed by atoms with E-state index in [4.69, 9.17) is 15.2 Å². The molecule has 0 spiro atoms. The summed E-state index contributed by atoms with van der Waals surface area (Å²) in [4.78, 5) is 0. The fraction of sp³-hybridized carbons (Fsp3) is 0.571. The molecule has 3 nitrogen and oxygen atoms in total. The van der Waals surface area contributed by atoms with E-state index in [0.717, 1.165) is 24.0 Å². The van der Waals surface area contributed by atoms with Crippen LogP contribution in [0.3, 0.4) is 0 Å². The van der Waals surface area contributed by atoms with Gasteiger partial charge < -0.3 is 15.2 Å². The summed E-state index contributed by atoms with van der Waals surface area (Å²) in [6, 6.07) is 6.36. The summed E-state index contributed by atoms with van der Waals surface area (Å²) < 4.78 is 10.8. The third kappa shape index (κ3) is 2.12. The fourth-order valence-electron chi connectivity index (χ4n) is 2.90. The maximum Gasteiger partial charge on any atom is 0.231 e. The summed E-state index contributed by atoms with van der Waals surface area (Å²) in [7, 11) is 0. The van der Waals surface area contributed by atoms with E-state index in [-0.39, 0.29) is 0 Å². The Hall–Kier alpha value is -1.22. The molecule has 1 aliphatic carbocycles. The highest BCUT2D eigenvalue weighted by atomic mass is 16.7. The van der Waals surface area contributed by atoms with Gasteiger partial charge in [0.05, 0.1) is 0 Å². The van der Waals surface area contributed by atoms with Gasteiger partial charge in [-0.1, -0.05) is 6.07 Å². The van der Waals surface area contributed by atoms with Crippen molar-refractivity contribution in [2.45, 2.75) is 31.6 Å². The highest BCUT2D eigenvalue weighted by Crippen LogP contribution is 2.40. The molecule has 0 saturated heterocycles. The van der Waals surface area contributed by atoms with Crippen LogP contribution in [0.5, 0.6) is 11.5 Å². The Labute approximate surface area is 102 Å². The largest absolute Gasteiger partial charge is 0.454 e. The van der Waals surface area contributed by atoms with Crippen LogP contribution in [-0.2, 0) is 0 Å². The highest BCUT2D eigenvalue weighted by molar-refractivity contribution is 5.45. The Morgan fingerprint density at radius 1 is 1.06 bits per heavy atom. The Balaban J connectivity index is 1.72. The van der Waals surface area contributed by atoms with E-state index < -0.39 is 0 Å². The first kappa shape index (κ1) is 10.9. The lowest BCUT2D eigenvalue weighted by Crippen LogP contribution is -2.20. The summed E-state index contributed by atoms with van der Waals surface area (Å²) in [6.45, 7) is 1.20. The SMILES string of the molecule is NCC1CCC(c2ccc3c(c2)OCO3)CC1. The van der Waals surface area contributed by atoms with Crippen LogP contribution in [0, 0.1) is 5.92 Å². The minimum atomic E-state index is 0.360. The monoisotopic (exact) mass is 233 g/mol. The molecule has 0 aromatic heterocycles. The van der Waals surface area contributed by atoms with Crippen molar-refractivity contribution in [1.82, 2.24) is 0 Å². The quantitative estimate of drug-likeness (QED) is 0.854. The van der Waals surface area contributed by atoms with Crippen LogP contribution >= 0.6 is 0 Å². The molecule has 0 radical (unpaired) electrons. The second-order valence-corrected chi connectivity index (χ2v) is 5.07. The second-order valence-electron chi connectivity index (χ2n) is 5.07. The zero-order valence-corrected chi connectivity index (χ0v) is 10.0. The number of rotatable bonds is 2. The molecule has 1 heterocycles. The molecule has 0 amide bonds. The molecule has 17 heavy (non-hydrogen) atoms. The van der Waals surface area contributed by atoms with Crippen LogP contribution in [0.2, 0.25) is 0 Å². The first-order valence-corrected chi connectivity index (χ1v) is 6.46. The molecule has 0 bridgehead atoms. The predicted molar refractivity (Wildman–Crippen MR) is 66.3 cm³/mol. The van der Waals surface area contributed by atoms with Gasteiger partial charge in [0.1, 0.15) is 0 Å². The minimum absolute atomic E-state index is 0.360. The third-order valence-corrected chi connectivity index (χ3v) is 4.05. The van der Waals surface area contributed by atoms with Crippen molar-refractivity contribution in [3.63, 3.8) is 0 Å². The lowest BCUT2D eigenvalue weighted by atomic mass is 9.79. The smallest absolute Gasteiger partial charge is 0.231 e. The fourth-order valence-corrected chi connectivity index (χ4v) is 2.90. The number of hydrogen-bond donors (Lipinski definition) is 1. The Morgan fingerprint density at radius 2 is 1.82 bits per heavy atom. The van der Waals surface area contributed by atoms with Crippen molar-refractivity contribution in [1.29, 1.82) is 0 Å². The molecule has 3 rings (SSSR count). The van der Waals surface area contributed by atoms with E-state index in [2.05, 4.69) is 12.1 Å². The van der Waals surface area contributed by atoms with Gasteiger partial charge in [-0.05, 0) is 61.8 Å². The number of fused-ring (bicyclic) bond motifs is 1. The Bertz CT molecular complexity index is 397. The summed E-state index contributed by atoms with van der Waals surface area (Å²) in [5.74, 6) is 3.19. The van der Waals surface area contributed by atoms with Crippen molar-refractivity contribution in [2.75, 3.05) is 13.3 Å². The lowest BCUT2D eigenvalue weighted by Gasteiger charge is -2.27. The molecule has 2 N–H and O–H groups in total. The van der Waals surface area contributed by atoms with Gasteiger partial charge in [0.25, 0.3) is 0 Å². The number of ether oxygens (including phenoxy) is 2. The first-order valence-electron chi connectivity index (χ1n) is 6.46. The van der Waals surface area contributed by atoms with Crippen LogP contribution in [0.4, 0.5) is 0 Å². The number of hydrogen-bond acceptors (Lipinski definition) is 3. The van der Waals surface area contributed by atoms with Gasteiger partial charge in [-0.25, -0.2) is 0 Å². The van der Waals surface area contributed by atoms with Crippen LogP contribution in [0.15, 0.2) is 18.2 Å². The first-order chi connectivity index (χ1) is 8.36. The highest BCUT2D eigenvalue weighted by Gasteiger charge is 2.23. The van der Waals surface area contributed by atoms with Gasteiger partial charge in [0.2, 0.25) is 6.79 Å². The molecule has 1 aliphatic heterocycles. The zero-order valence-electron chi connectivity index (χ0n) is 10.0. The molecule has 1 aromatic rings. The van der Waals surface area contributed by atoms with E-state index >= 15 is 0 Å². The normalized spacial score (nSPS) is 27.1. The average molecular weight is 233 g/mol. The molecule has 3 heteroatoms. The molecule has 92 valence electrons. The van der Waals surface area contributed by atoms with Crippen molar-refractivity contribution in [3.8, 4) is 11.5 Å². The van der Waals surface area contributed by atoms with Gasteiger partial charge in [0, 0.05) is 0 Å². The van der Waals surface area contributed by atoms with E-state index in [1.165, 1.54) is 31.2 Å². The maximum absolute atomic E-state index is 5.72. The zero-order chi connectivity index (χ0) is 11.7. The van der Waals surface area contributed by atoms with Crippen LogP contribution < -0.4 is 15.2 Å². The number of nitrogens with two attached hydrogens (primary N) is 1. The molecule has 0 unspecified atom stereocenters. The van der Waals surface area contributed by atoms with Crippen molar-refractivity contribution in [2.24, 2.45) is 11.7 Å². The summed E-state index contributed by atoms with van der Waals surface area (Å²) >= 11 is 0. The number of benzene rings is 1. The van der Waals surface area contributed by atoms with Crippen LogP contribution in [-0.4, -0.2) is 13.3 Å². The second kappa shape index (κ2) is 4.57. The van der Waals surface area contributed by atoms with Crippen LogP contribution in [0.1, 0.15) is 37.2 Å². The van der Waals surface area contributed by atoms with Crippen molar-refractivity contribution < 1.29 is 9.47 Å². The van der Waals surface area contributed by atoms with Crippen molar-refractivity contribution in [3.05, 3.63) is 23.8 Å². The van der Waals surface area contributed by atoms with E-state index in [9.17, 15) is 0 Å². The Kier molecular flexibility index (Phi) is 2.93. The van der Waals surface area contributed by atoms with E-state index in [1.54, 1.807) is 0 Å². The maximum atomic E-state index is 5.72. The molecule has 1 saturated carbocycles. The van der Waals surface area contributed by atoms with Gasteiger partial charge in [-0.2, -0.15) is 0 Å². The predicted octanol–water partition coefficient (Wildman–Crippen LogP) is 2.65. The molecule has 2 aliphatic rings. The molecule has 0 atom stereocenters. The molecular weight excluding hydrogens is 214 g/mol. The summed E-state index contributed by atoms with van der Waals surface area (Å²) in [6.07, 6.45) is 5.02. The third-order valence-electron chi connectivity index (χ3n) is 4.05. The minimum Gasteiger partial charge on any atom is -0.454 e. The molecule has 1 aromatic carbocycles. The van der Waals surface area contributed by atoms with E-state index in [0.29, 0.717) is 12.7 Å². The topological polar surface area (TPSA) is 44.5 Å². The summed E-state index contributed by atoms with van der Waals surface area (Å²) in [5, 5.41) is 0. The molecule has 1 fully saturated rings. The standard InChI is InChI=1S/C14H19NO2/c15-8-10-1-3-11(4-2-10)12-5-6-13-14(7-12)17-9-16-13/h5-7,10-11H,1-4,8-9,15H2.